The van der Waals surface area contributed by atoms with Gasteiger partial charge in [-0.2, -0.15) is 0 Å². The number of aliphatic hydroxyl groups is 1. The number of nitrogens with zero attached hydrogens (tertiary/aromatic N) is 1. The van der Waals surface area contributed by atoms with E-state index < -0.39 is 12.0 Å². The van der Waals surface area contributed by atoms with Gasteiger partial charge in [-0.1, -0.05) is 24.3 Å². The van der Waals surface area contributed by atoms with Crippen LogP contribution in [-0.4, -0.2) is 22.6 Å². The maximum absolute atomic E-state index is 13.0. The van der Waals surface area contributed by atoms with E-state index in [0.717, 1.165) is 0 Å². The summed E-state index contributed by atoms with van der Waals surface area (Å²) in [6, 6.07) is 12.5. The number of halogens is 1. The van der Waals surface area contributed by atoms with Gasteiger partial charge in [-0.3, -0.25) is 9.69 Å². The Kier molecular flexibility index (Phi) is 3.12. The number of amides is 1. The number of carbonyl (C=O) groups excluding carboxylic acids is 1. The van der Waals surface area contributed by atoms with Gasteiger partial charge >= 0.3 is 0 Å². The molecule has 0 saturated heterocycles. The molecule has 2 aromatic rings. The minimum absolute atomic E-state index is 0.141. The SMILES string of the molecule is O=C1c2ccccc2[C@H](O)N1COc1cccc(F)c1. The van der Waals surface area contributed by atoms with Crippen molar-refractivity contribution >= 4 is 5.91 Å². The zero-order valence-electron chi connectivity index (χ0n) is 10.5. The zero-order chi connectivity index (χ0) is 14.1. The van der Waals surface area contributed by atoms with Gasteiger partial charge in [-0.25, -0.2) is 4.39 Å². The molecule has 1 heterocycles. The highest BCUT2D eigenvalue weighted by Gasteiger charge is 2.35. The Labute approximate surface area is 115 Å². The summed E-state index contributed by atoms with van der Waals surface area (Å²) in [5, 5.41) is 10.1. The minimum atomic E-state index is -1.03. The predicted octanol–water partition coefficient (Wildman–Crippen LogP) is 2.31. The molecule has 0 aromatic heterocycles. The highest BCUT2D eigenvalue weighted by molar-refractivity contribution is 5.98. The molecule has 1 amide bonds. The van der Waals surface area contributed by atoms with Crippen LogP contribution in [0.3, 0.4) is 0 Å². The first-order chi connectivity index (χ1) is 9.66. The van der Waals surface area contributed by atoms with Crippen molar-refractivity contribution in [2.45, 2.75) is 6.23 Å². The molecule has 0 saturated carbocycles. The molecule has 1 N–H and O–H groups in total. The molecular formula is C15H12FNO3. The fourth-order valence-electron chi connectivity index (χ4n) is 2.18. The van der Waals surface area contributed by atoms with Crippen molar-refractivity contribution in [3.05, 3.63) is 65.5 Å². The van der Waals surface area contributed by atoms with Gasteiger partial charge in [0, 0.05) is 17.2 Å². The van der Waals surface area contributed by atoms with E-state index in [2.05, 4.69) is 0 Å². The Balaban J connectivity index is 1.75. The first kappa shape index (κ1) is 12.6. The highest BCUT2D eigenvalue weighted by Crippen LogP contribution is 2.31. The minimum Gasteiger partial charge on any atom is -0.473 e. The largest absolute Gasteiger partial charge is 0.473 e. The van der Waals surface area contributed by atoms with E-state index in [0.29, 0.717) is 16.9 Å². The molecule has 0 fully saturated rings. The van der Waals surface area contributed by atoms with E-state index in [1.165, 1.54) is 23.1 Å². The Morgan fingerprint density at radius 1 is 1.20 bits per heavy atom. The van der Waals surface area contributed by atoms with Gasteiger partial charge in [-0.05, 0) is 18.2 Å². The Bertz CT molecular complexity index is 659. The summed E-state index contributed by atoms with van der Waals surface area (Å²) in [6.07, 6.45) is -1.03. The van der Waals surface area contributed by atoms with Crippen molar-refractivity contribution in [1.82, 2.24) is 4.90 Å². The maximum atomic E-state index is 13.0. The number of hydrogen-bond donors (Lipinski definition) is 1. The van der Waals surface area contributed by atoms with E-state index in [-0.39, 0.29) is 12.6 Å². The molecule has 102 valence electrons. The Morgan fingerprint density at radius 2 is 2.00 bits per heavy atom. The molecule has 3 rings (SSSR count). The van der Waals surface area contributed by atoms with E-state index >= 15 is 0 Å². The van der Waals surface area contributed by atoms with Crippen molar-refractivity contribution < 1.29 is 19.0 Å². The monoisotopic (exact) mass is 273 g/mol. The molecule has 0 spiro atoms. The van der Waals surface area contributed by atoms with Crippen molar-refractivity contribution in [3.8, 4) is 5.75 Å². The van der Waals surface area contributed by atoms with Crippen LogP contribution in [0.2, 0.25) is 0 Å². The Hall–Kier alpha value is -2.40. The fourth-order valence-corrected chi connectivity index (χ4v) is 2.18. The van der Waals surface area contributed by atoms with Gasteiger partial charge in [0.1, 0.15) is 11.6 Å². The second-order valence-electron chi connectivity index (χ2n) is 4.47. The molecule has 0 radical (unpaired) electrons. The molecule has 1 aliphatic rings. The van der Waals surface area contributed by atoms with E-state index in [4.69, 9.17) is 4.74 Å². The summed E-state index contributed by atoms with van der Waals surface area (Å²) in [7, 11) is 0. The highest BCUT2D eigenvalue weighted by atomic mass is 19.1. The first-order valence-electron chi connectivity index (χ1n) is 6.13. The van der Waals surface area contributed by atoms with Gasteiger partial charge in [0.25, 0.3) is 5.91 Å². The number of fused-ring (bicyclic) bond motifs is 1. The molecule has 5 heteroatoms. The lowest BCUT2D eigenvalue weighted by Gasteiger charge is -2.21. The van der Waals surface area contributed by atoms with Gasteiger partial charge in [0.05, 0.1) is 0 Å². The molecule has 1 atom stereocenters. The molecule has 4 nitrogen and oxygen atoms in total. The van der Waals surface area contributed by atoms with Crippen LogP contribution in [0, 0.1) is 5.82 Å². The molecule has 20 heavy (non-hydrogen) atoms. The van der Waals surface area contributed by atoms with E-state index in [9.17, 15) is 14.3 Å². The van der Waals surface area contributed by atoms with Gasteiger partial charge in [0.15, 0.2) is 13.0 Å². The van der Waals surface area contributed by atoms with E-state index in [1.807, 2.05) is 0 Å². The third-order valence-electron chi connectivity index (χ3n) is 3.19. The Morgan fingerprint density at radius 3 is 2.75 bits per heavy atom. The molecule has 1 aliphatic heterocycles. The van der Waals surface area contributed by atoms with Crippen LogP contribution in [0.15, 0.2) is 48.5 Å². The number of ether oxygens (including phenoxy) is 1. The molecular weight excluding hydrogens is 261 g/mol. The number of carbonyl (C=O) groups is 1. The van der Waals surface area contributed by atoms with Crippen LogP contribution < -0.4 is 4.74 Å². The summed E-state index contributed by atoms with van der Waals surface area (Å²) >= 11 is 0. The standard InChI is InChI=1S/C15H12FNO3/c16-10-4-3-5-11(8-10)20-9-17-14(18)12-6-1-2-7-13(12)15(17)19/h1-8,14,18H,9H2/t14-/m0/s1. The predicted molar refractivity (Wildman–Crippen MR) is 69.5 cm³/mol. The quantitative estimate of drug-likeness (QED) is 0.933. The lowest BCUT2D eigenvalue weighted by Crippen LogP contribution is -2.31. The van der Waals surface area contributed by atoms with Crippen LogP contribution >= 0.6 is 0 Å². The number of aliphatic hydroxyl groups excluding tert-OH is 1. The summed E-state index contributed by atoms with van der Waals surface area (Å²) in [5.74, 6) is -0.412. The summed E-state index contributed by atoms with van der Waals surface area (Å²) < 4.78 is 18.4. The van der Waals surface area contributed by atoms with Gasteiger partial charge in [0.2, 0.25) is 0 Å². The normalized spacial score (nSPS) is 17.2. The second kappa shape index (κ2) is 4.94. The lowest BCUT2D eigenvalue weighted by atomic mass is 10.1. The van der Waals surface area contributed by atoms with Crippen molar-refractivity contribution in [3.63, 3.8) is 0 Å². The van der Waals surface area contributed by atoms with Crippen molar-refractivity contribution in [2.75, 3.05) is 6.73 Å². The summed E-state index contributed by atoms with van der Waals surface area (Å²) in [6.45, 7) is -0.141. The van der Waals surface area contributed by atoms with Crippen LogP contribution in [0.25, 0.3) is 0 Å². The second-order valence-corrected chi connectivity index (χ2v) is 4.47. The smallest absolute Gasteiger partial charge is 0.259 e. The number of benzene rings is 2. The van der Waals surface area contributed by atoms with Crippen molar-refractivity contribution in [2.24, 2.45) is 0 Å². The van der Waals surface area contributed by atoms with Crippen molar-refractivity contribution in [1.29, 1.82) is 0 Å². The van der Waals surface area contributed by atoms with E-state index in [1.54, 1.807) is 30.3 Å². The average Bonchev–Trinajstić information content (AvgIpc) is 2.70. The molecule has 2 aromatic carbocycles. The molecule has 0 bridgehead atoms. The summed E-state index contributed by atoms with van der Waals surface area (Å²) in [5.41, 5.74) is 1.02. The zero-order valence-corrected chi connectivity index (χ0v) is 10.5. The van der Waals surface area contributed by atoms with Crippen LogP contribution in [0.4, 0.5) is 4.39 Å². The maximum Gasteiger partial charge on any atom is 0.259 e. The van der Waals surface area contributed by atoms with Crippen LogP contribution in [-0.2, 0) is 0 Å². The molecule has 0 unspecified atom stereocenters. The van der Waals surface area contributed by atoms with Crippen LogP contribution in [0.1, 0.15) is 22.1 Å². The molecule has 0 aliphatic carbocycles. The third kappa shape index (κ3) is 2.12. The topological polar surface area (TPSA) is 49.8 Å². The first-order valence-corrected chi connectivity index (χ1v) is 6.13. The lowest BCUT2D eigenvalue weighted by molar-refractivity contribution is -0.0141. The fraction of sp³-hybridized carbons (Fsp3) is 0.133. The third-order valence-corrected chi connectivity index (χ3v) is 3.19. The number of hydrogen-bond acceptors (Lipinski definition) is 3. The van der Waals surface area contributed by atoms with Gasteiger partial charge < -0.3 is 9.84 Å². The number of rotatable bonds is 3. The average molecular weight is 273 g/mol. The summed E-state index contributed by atoms with van der Waals surface area (Å²) in [4.78, 5) is 13.3. The van der Waals surface area contributed by atoms with Gasteiger partial charge in [-0.15, -0.1) is 0 Å². The van der Waals surface area contributed by atoms with Crippen LogP contribution in [0.5, 0.6) is 5.75 Å².